The number of carbonyl (C=O) groups is 2. The topological polar surface area (TPSA) is 111 Å². The van der Waals surface area contributed by atoms with E-state index in [9.17, 15) is 14.7 Å². The van der Waals surface area contributed by atoms with Crippen molar-refractivity contribution in [3.8, 4) is 0 Å². The molecule has 0 spiro atoms. The highest BCUT2D eigenvalue weighted by Gasteiger charge is 2.56. The minimum Gasteiger partial charge on any atom is -0.465 e. The Bertz CT molecular complexity index is 1510. The van der Waals surface area contributed by atoms with Crippen LogP contribution in [-0.4, -0.2) is 111 Å². The molecule has 1 saturated carbocycles. The third-order valence-electron chi connectivity index (χ3n) is 8.89. The van der Waals surface area contributed by atoms with E-state index in [1.165, 1.54) is 0 Å². The van der Waals surface area contributed by atoms with E-state index in [0.717, 1.165) is 64.5 Å². The predicted molar refractivity (Wildman–Crippen MR) is 150 cm³/mol. The largest absolute Gasteiger partial charge is 0.465 e. The molecular weight excluding hydrogens is 520 g/mol. The van der Waals surface area contributed by atoms with Gasteiger partial charge in [-0.1, -0.05) is 11.6 Å². The molecule has 3 aliphatic heterocycles. The Morgan fingerprint density at radius 2 is 1.74 bits per heavy atom. The van der Waals surface area contributed by atoms with Crippen molar-refractivity contribution in [2.75, 3.05) is 52.7 Å². The van der Waals surface area contributed by atoms with Gasteiger partial charge in [-0.25, -0.2) is 19.7 Å². The summed E-state index contributed by atoms with van der Waals surface area (Å²) in [5, 5.41) is 10.4. The number of carbonyl (C=O) groups excluding carboxylic acids is 1. The van der Waals surface area contributed by atoms with Crippen molar-refractivity contribution in [3.05, 3.63) is 22.1 Å². The van der Waals surface area contributed by atoms with Crippen molar-refractivity contribution in [1.29, 1.82) is 0 Å². The fraction of sp³-hybridized carbons (Fsp3) is 0.593. The Hall–Kier alpha value is -3.18. The molecule has 4 aliphatic rings. The first kappa shape index (κ1) is 26.1. The molecule has 6 heterocycles. The van der Waals surface area contributed by atoms with Gasteiger partial charge in [0.1, 0.15) is 22.4 Å². The Kier molecular flexibility index (Phi) is 6.14. The number of imidazole rings is 1. The maximum Gasteiger partial charge on any atom is 0.407 e. The summed E-state index contributed by atoms with van der Waals surface area (Å²) in [5.74, 6) is 1.78. The number of hydrogen-bond donors (Lipinski definition) is 1. The standard InChI is InChI=1S/C27H35ClN8O3/c1-13-20(28)14(2)29-22-21(13)31-26(34-11-16(12-34)32(3)4)23-25(22)36(18(30-23)7-8-19(37)33(5)6)24-15-9-17(24)35(10-15)27(38)39/h15-17,24H,7-12H2,1-6H3,(H,38,39). The number of fused-ring (bicyclic) bond motifs is 4. The van der Waals surface area contributed by atoms with Gasteiger partial charge in [0.2, 0.25) is 5.91 Å². The molecule has 2 amide bonds. The van der Waals surface area contributed by atoms with E-state index in [2.05, 4.69) is 28.5 Å². The van der Waals surface area contributed by atoms with Crippen LogP contribution < -0.4 is 4.90 Å². The van der Waals surface area contributed by atoms with Gasteiger partial charge >= 0.3 is 6.09 Å². The molecule has 11 nitrogen and oxygen atoms in total. The van der Waals surface area contributed by atoms with Gasteiger partial charge in [0.25, 0.3) is 0 Å². The summed E-state index contributed by atoms with van der Waals surface area (Å²) in [6.45, 7) is 6.02. The number of anilines is 1. The lowest BCUT2D eigenvalue weighted by atomic mass is 9.79. The Labute approximate surface area is 232 Å². The molecule has 3 aromatic rings. The molecule has 12 heteroatoms. The van der Waals surface area contributed by atoms with Crippen molar-refractivity contribution in [2.45, 2.75) is 51.2 Å². The number of nitrogens with zero attached hydrogens (tertiary/aromatic N) is 8. The van der Waals surface area contributed by atoms with Gasteiger partial charge in [-0.05, 0) is 39.9 Å². The van der Waals surface area contributed by atoms with E-state index in [1.807, 2.05) is 13.8 Å². The number of aryl methyl sites for hydroxylation is 3. The maximum atomic E-state index is 12.6. The predicted octanol–water partition coefficient (Wildman–Crippen LogP) is 2.94. The second-order valence-electron chi connectivity index (χ2n) is 11.7. The molecule has 2 bridgehead atoms. The highest BCUT2D eigenvalue weighted by Crippen LogP contribution is 2.52. The summed E-state index contributed by atoms with van der Waals surface area (Å²) >= 11 is 6.66. The van der Waals surface area contributed by atoms with Crippen LogP contribution >= 0.6 is 11.6 Å². The zero-order valence-corrected chi connectivity index (χ0v) is 24.0. The van der Waals surface area contributed by atoms with E-state index in [4.69, 9.17) is 26.6 Å². The van der Waals surface area contributed by atoms with Gasteiger partial charge in [0, 0.05) is 58.5 Å². The van der Waals surface area contributed by atoms with E-state index < -0.39 is 6.09 Å². The first-order valence-corrected chi connectivity index (χ1v) is 13.8. The van der Waals surface area contributed by atoms with Crippen molar-refractivity contribution in [1.82, 2.24) is 34.2 Å². The van der Waals surface area contributed by atoms with Crippen LogP contribution in [0.2, 0.25) is 5.02 Å². The minimum atomic E-state index is -0.891. The number of rotatable bonds is 6. The minimum absolute atomic E-state index is 0.0220. The lowest BCUT2D eigenvalue weighted by molar-refractivity contribution is -0.128. The summed E-state index contributed by atoms with van der Waals surface area (Å²) in [6.07, 6.45) is 0.696. The monoisotopic (exact) mass is 554 g/mol. The van der Waals surface area contributed by atoms with Crippen LogP contribution in [0.25, 0.3) is 22.1 Å². The number of pyridine rings is 2. The van der Waals surface area contributed by atoms with Crippen LogP contribution in [0.15, 0.2) is 0 Å². The highest BCUT2D eigenvalue weighted by molar-refractivity contribution is 6.33. The average molecular weight is 555 g/mol. The zero-order valence-electron chi connectivity index (χ0n) is 23.3. The van der Waals surface area contributed by atoms with E-state index in [1.54, 1.807) is 23.9 Å². The molecule has 208 valence electrons. The quantitative estimate of drug-likeness (QED) is 0.495. The van der Waals surface area contributed by atoms with E-state index in [0.29, 0.717) is 30.5 Å². The summed E-state index contributed by atoms with van der Waals surface area (Å²) in [4.78, 5) is 47.4. The fourth-order valence-electron chi connectivity index (χ4n) is 6.45. The normalized spacial score (nSPS) is 22.6. The van der Waals surface area contributed by atoms with Crippen LogP contribution in [0, 0.1) is 19.8 Å². The molecule has 1 N–H and O–H groups in total. The van der Waals surface area contributed by atoms with E-state index >= 15 is 0 Å². The third kappa shape index (κ3) is 3.92. The summed E-state index contributed by atoms with van der Waals surface area (Å²) < 4.78 is 2.20. The second kappa shape index (κ2) is 9.19. The maximum absolute atomic E-state index is 12.6. The average Bonchev–Trinajstić information content (AvgIpc) is 3.53. The number of halogens is 1. The highest BCUT2D eigenvalue weighted by atomic mass is 35.5. The summed E-state index contributed by atoms with van der Waals surface area (Å²) in [6, 6.07) is 0.235. The summed E-state index contributed by atoms with van der Waals surface area (Å²) in [5.41, 5.74) is 4.67. The molecule has 0 radical (unpaired) electrons. The van der Waals surface area contributed by atoms with Crippen molar-refractivity contribution in [2.24, 2.45) is 5.92 Å². The molecule has 1 aliphatic carbocycles. The fourth-order valence-corrected chi connectivity index (χ4v) is 6.58. The molecule has 3 aromatic heterocycles. The molecule has 4 fully saturated rings. The van der Waals surface area contributed by atoms with Gasteiger partial charge in [-0.2, -0.15) is 0 Å². The van der Waals surface area contributed by atoms with Gasteiger partial charge in [0.15, 0.2) is 5.82 Å². The molecule has 7 rings (SSSR count). The van der Waals surface area contributed by atoms with Crippen LogP contribution in [0.4, 0.5) is 10.6 Å². The number of hydrogen-bond acceptors (Lipinski definition) is 7. The summed E-state index contributed by atoms with van der Waals surface area (Å²) in [7, 11) is 7.67. The molecule has 39 heavy (non-hydrogen) atoms. The van der Waals surface area contributed by atoms with Crippen molar-refractivity contribution < 1.29 is 14.7 Å². The van der Waals surface area contributed by atoms with Gasteiger partial charge in [-0.15, -0.1) is 0 Å². The zero-order chi connectivity index (χ0) is 27.9. The second-order valence-corrected chi connectivity index (χ2v) is 12.0. The first-order chi connectivity index (χ1) is 18.5. The molecular formula is C27H35ClN8O3. The molecule has 3 atom stereocenters. The smallest absolute Gasteiger partial charge is 0.407 e. The Balaban J connectivity index is 1.59. The Morgan fingerprint density at radius 3 is 2.36 bits per heavy atom. The number of amides is 2. The van der Waals surface area contributed by atoms with Crippen LogP contribution in [0.5, 0.6) is 0 Å². The SMILES string of the molecule is Cc1nc2c(nc(N3CC(N(C)C)C3)c3nc(CCC(=O)N(C)C)n(C4C5CC4N(C(=O)O)C5)c32)c(C)c1Cl. The number of likely N-dealkylation sites (N-methyl/N-ethyl adjacent to an activating group) is 1. The van der Waals surface area contributed by atoms with Crippen molar-refractivity contribution in [3.63, 3.8) is 0 Å². The van der Waals surface area contributed by atoms with Crippen LogP contribution in [-0.2, 0) is 11.2 Å². The lowest BCUT2D eigenvalue weighted by Gasteiger charge is -2.43. The molecule has 0 aromatic carbocycles. The molecule has 3 saturated heterocycles. The van der Waals surface area contributed by atoms with E-state index in [-0.39, 0.29) is 23.9 Å². The van der Waals surface area contributed by atoms with Crippen molar-refractivity contribution >= 4 is 51.5 Å². The lowest BCUT2D eigenvalue weighted by Crippen LogP contribution is -2.57. The first-order valence-electron chi connectivity index (χ1n) is 13.5. The third-order valence-corrected chi connectivity index (χ3v) is 9.45. The van der Waals surface area contributed by atoms with Gasteiger partial charge in [0.05, 0.1) is 28.3 Å². The Morgan fingerprint density at radius 1 is 1.03 bits per heavy atom. The van der Waals surface area contributed by atoms with Crippen LogP contribution in [0.3, 0.4) is 0 Å². The van der Waals surface area contributed by atoms with Crippen LogP contribution in [0.1, 0.15) is 36.0 Å². The van der Waals surface area contributed by atoms with Gasteiger partial charge in [-0.3, -0.25) is 4.79 Å². The van der Waals surface area contributed by atoms with Gasteiger partial charge < -0.3 is 29.3 Å². The molecule has 3 unspecified atom stereocenters. The number of carboxylic acid groups (broad SMARTS) is 1. The number of aromatic nitrogens is 4.